The molecule has 0 radical (unpaired) electrons. The van der Waals surface area contributed by atoms with Crippen LogP contribution in [0, 0.1) is 12.7 Å². The number of amides is 1. The van der Waals surface area contributed by atoms with Crippen LogP contribution in [0.25, 0.3) is 11.0 Å². The van der Waals surface area contributed by atoms with E-state index in [0.29, 0.717) is 36.7 Å². The third-order valence-electron chi connectivity index (χ3n) is 6.35. The fourth-order valence-corrected chi connectivity index (χ4v) is 4.41. The average Bonchev–Trinajstić information content (AvgIpc) is 3.27. The summed E-state index contributed by atoms with van der Waals surface area (Å²) in [5, 5.41) is 0.809. The predicted molar refractivity (Wildman–Crippen MR) is 138 cm³/mol. The van der Waals surface area contributed by atoms with E-state index in [1.807, 2.05) is 32.2 Å². The maximum Gasteiger partial charge on any atom is 0.240 e. The Kier molecular flexibility index (Phi) is 8.18. The van der Waals surface area contributed by atoms with E-state index >= 15 is 0 Å². The Morgan fingerprint density at radius 3 is 2.97 bits per heavy atom. The fourth-order valence-electron chi connectivity index (χ4n) is 4.41. The topological polar surface area (TPSA) is 93.5 Å². The molecule has 36 heavy (non-hydrogen) atoms. The molecule has 3 heterocycles. The van der Waals surface area contributed by atoms with Gasteiger partial charge in [0.15, 0.2) is 11.6 Å². The van der Waals surface area contributed by atoms with Gasteiger partial charge in [-0.05, 0) is 61.6 Å². The number of nitrogens with two attached hydrogens (primary N) is 1. The Bertz CT molecular complexity index is 1280. The lowest BCUT2D eigenvalue weighted by Crippen LogP contribution is -2.52. The highest BCUT2D eigenvalue weighted by Crippen LogP contribution is 2.32. The minimum atomic E-state index is -0.780. The SMILES string of the molecule is C/C=C(\C=C/CC)C1CN(C(=O)[C@@H](N)Cc2ccc(Oc3ccnc4[nH]cc(C)c34)c(F)c2)CCO1. The molecule has 190 valence electrons. The number of carbonyl (C=O) groups is 1. The highest BCUT2D eigenvalue weighted by molar-refractivity contribution is 5.86. The highest BCUT2D eigenvalue weighted by Gasteiger charge is 2.29. The van der Waals surface area contributed by atoms with E-state index in [-0.39, 0.29) is 24.2 Å². The summed E-state index contributed by atoms with van der Waals surface area (Å²) in [5.74, 6) is -0.0616. The minimum absolute atomic E-state index is 0.0989. The van der Waals surface area contributed by atoms with Gasteiger partial charge in [0, 0.05) is 18.9 Å². The molecule has 8 heteroatoms. The third-order valence-corrected chi connectivity index (χ3v) is 6.35. The molecule has 2 aromatic heterocycles. The van der Waals surface area contributed by atoms with Crippen molar-refractivity contribution in [1.82, 2.24) is 14.9 Å². The molecule has 0 saturated carbocycles. The largest absolute Gasteiger partial charge is 0.453 e. The maximum absolute atomic E-state index is 14.9. The van der Waals surface area contributed by atoms with E-state index in [9.17, 15) is 9.18 Å². The molecule has 1 fully saturated rings. The molecule has 1 saturated heterocycles. The van der Waals surface area contributed by atoms with E-state index < -0.39 is 11.9 Å². The number of hydrogen-bond donors (Lipinski definition) is 2. The lowest BCUT2D eigenvalue weighted by atomic mass is 10.0. The van der Waals surface area contributed by atoms with Crippen molar-refractivity contribution in [3.05, 3.63) is 77.4 Å². The highest BCUT2D eigenvalue weighted by atomic mass is 19.1. The van der Waals surface area contributed by atoms with E-state index in [1.165, 1.54) is 6.07 Å². The number of benzene rings is 1. The molecule has 3 N–H and O–H groups in total. The van der Waals surface area contributed by atoms with Gasteiger partial charge in [-0.25, -0.2) is 9.37 Å². The van der Waals surface area contributed by atoms with Crippen LogP contribution < -0.4 is 10.5 Å². The number of fused-ring (bicyclic) bond motifs is 1. The molecule has 1 unspecified atom stereocenters. The number of nitrogens with one attached hydrogen (secondary N) is 1. The van der Waals surface area contributed by atoms with Crippen LogP contribution in [0.2, 0.25) is 0 Å². The summed E-state index contributed by atoms with van der Waals surface area (Å²) in [5.41, 5.74) is 9.58. The zero-order valence-electron chi connectivity index (χ0n) is 21.0. The fraction of sp³-hybridized carbons (Fsp3) is 0.357. The number of aromatic nitrogens is 2. The van der Waals surface area contributed by atoms with Gasteiger partial charge in [0.2, 0.25) is 5.91 Å². The van der Waals surface area contributed by atoms with Crippen LogP contribution in [-0.2, 0) is 16.0 Å². The van der Waals surface area contributed by atoms with Gasteiger partial charge in [0.05, 0.1) is 30.7 Å². The number of pyridine rings is 1. The number of allylic oxidation sites excluding steroid dienone is 2. The molecule has 3 aromatic rings. The Labute approximate surface area is 210 Å². The molecule has 4 rings (SSSR count). The normalized spacial score (nSPS) is 17.6. The molecule has 1 aliphatic heterocycles. The molecule has 1 amide bonds. The van der Waals surface area contributed by atoms with Gasteiger partial charge < -0.3 is 25.1 Å². The molecule has 1 aliphatic rings. The molecule has 0 bridgehead atoms. The summed E-state index contributed by atoms with van der Waals surface area (Å²) < 4.78 is 26.7. The quantitative estimate of drug-likeness (QED) is 0.440. The number of hydrogen-bond acceptors (Lipinski definition) is 5. The number of carbonyl (C=O) groups excluding carboxylic acids is 1. The summed E-state index contributed by atoms with van der Waals surface area (Å²) in [7, 11) is 0. The Morgan fingerprint density at radius 1 is 1.39 bits per heavy atom. The molecular formula is C28H33FN4O3. The van der Waals surface area contributed by atoms with Gasteiger partial charge in [-0.3, -0.25) is 4.79 Å². The second kappa shape index (κ2) is 11.5. The second-order valence-electron chi connectivity index (χ2n) is 8.92. The van der Waals surface area contributed by atoms with E-state index in [4.69, 9.17) is 15.2 Å². The summed E-state index contributed by atoms with van der Waals surface area (Å²) in [6, 6.07) is 5.61. The van der Waals surface area contributed by atoms with Crippen LogP contribution in [0.5, 0.6) is 11.5 Å². The molecular weight excluding hydrogens is 459 g/mol. The third kappa shape index (κ3) is 5.66. The smallest absolute Gasteiger partial charge is 0.240 e. The first-order valence-corrected chi connectivity index (χ1v) is 12.3. The van der Waals surface area contributed by atoms with Crippen molar-refractivity contribution in [2.45, 2.75) is 45.8 Å². The summed E-state index contributed by atoms with van der Waals surface area (Å²) in [6.07, 6.45) is 10.5. The molecule has 0 aliphatic carbocycles. The van der Waals surface area contributed by atoms with Gasteiger partial charge in [-0.15, -0.1) is 0 Å². The number of aromatic amines is 1. The van der Waals surface area contributed by atoms with Crippen molar-refractivity contribution in [2.24, 2.45) is 5.73 Å². The van der Waals surface area contributed by atoms with Crippen molar-refractivity contribution in [3.63, 3.8) is 0 Å². The van der Waals surface area contributed by atoms with Gasteiger partial charge in [0.1, 0.15) is 11.4 Å². The summed E-state index contributed by atoms with van der Waals surface area (Å²) >= 11 is 0. The van der Waals surface area contributed by atoms with Crippen LogP contribution in [0.3, 0.4) is 0 Å². The first-order chi connectivity index (χ1) is 17.4. The number of halogens is 1. The Hall–Kier alpha value is -3.49. The summed E-state index contributed by atoms with van der Waals surface area (Å²) in [6.45, 7) is 7.34. The van der Waals surface area contributed by atoms with Crippen LogP contribution in [0.15, 0.2) is 60.5 Å². The standard InChI is InChI=1S/C28H33FN4O3/c1-4-6-7-20(5-2)25-17-33(12-13-35-25)28(34)22(30)15-19-8-9-23(21(29)14-19)36-24-10-11-31-27-26(24)18(3)16-32-27/h5-11,14,16,22,25H,4,12-13,15,17,30H2,1-3H3,(H,31,32)/b7-6-,20-5+/t22-,25?/m0/s1. The molecule has 1 aromatic carbocycles. The van der Waals surface area contributed by atoms with E-state index in [1.54, 1.807) is 29.3 Å². The van der Waals surface area contributed by atoms with Crippen LogP contribution in [-0.4, -0.2) is 52.6 Å². The Balaban J connectivity index is 1.41. The van der Waals surface area contributed by atoms with Crippen LogP contribution >= 0.6 is 0 Å². The second-order valence-corrected chi connectivity index (χ2v) is 8.92. The number of morpholine rings is 1. The number of aryl methyl sites for hydroxylation is 1. The van der Waals surface area contributed by atoms with Gasteiger partial charge in [0.25, 0.3) is 0 Å². The molecule has 7 nitrogen and oxygen atoms in total. The monoisotopic (exact) mass is 492 g/mol. The lowest BCUT2D eigenvalue weighted by Gasteiger charge is -2.35. The van der Waals surface area contributed by atoms with Gasteiger partial charge in [-0.1, -0.05) is 31.2 Å². The van der Waals surface area contributed by atoms with Crippen LogP contribution in [0.1, 0.15) is 31.4 Å². The number of nitrogens with zero attached hydrogens (tertiary/aromatic N) is 2. The minimum Gasteiger partial charge on any atom is -0.453 e. The van der Waals surface area contributed by atoms with Crippen molar-refractivity contribution in [2.75, 3.05) is 19.7 Å². The van der Waals surface area contributed by atoms with Crippen molar-refractivity contribution in [1.29, 1.82) is 0 Å². The van der Waals surface area contributed by atoms with Gasteiger partial charge in [-0.2, -0.15) is 0 Å². The summed E-state index contributed by atoms with van der Waals surface area (Å²) in [4.78, 5) is 22.2. The number of ether oxygens (including phenoxy) is 2. The van der Waals surface area contributed by atoms with Crippen molar-refractivity contribution in [3.8, 4) is 11.5 Å². The lowest BCUT2D eigenvalue weighted by molar-refractivity contribution is -0.138. The first-order valence-electron chi connectivity index (χ1n) is 12.3. The van der Waals surface area contributed by atoms with Crippen LogP contribution in [0.4, 0.5) is 4.39 Å². The molecule has 0 spiro atoms. The number of rotatable bonds is 8. The first kappa shape index (κ1) is 25.6. The number of H-pyrrole nitrogens is 1. The van der Waals surface area contributed by atoms with Crippen molar-refractivity contribution < 1.29 is 18.7 Å². The molecule has 2 atom stereocenters. The average molecular weight is 493 g/mol. The van der Waals surface area contributed by atoms with E-state index in [2.05, 4.69) is 23.0 Å². The maximum atomic E-state index is 14.9. The zero-order chi connectivity index (χ0) is 25.7. The predicted octanol–water partition coefficient (Wildman–Crippen LogP) is 4.81. The zero-order valence-corrected chi connectivity index (χ0v) is 21.0. The Morgan fingerprint density at radius 2 is 2.22 bits per heavy atom. The van der Waals surface area contributed by atoms with Gasteiger partial charge >= 0.3 is 0 Å². The van der Waals surface area contributed by atoms with E-state index in [0.717, 1.165) is 22.9 Å². The van der Waals surface area contributed by atoms with Crippen molar-refractivity contribution >= 4 is 16.9 Å².